The highest BCUT2D eigenvalue weighted by atomic mass is 16.5. The van der Waals surface area contributed by atoms with Crippen molar-refractivity contribution >= 4 is 12.0 Å². The van der Waals surface area contributed by atoms with Crippen molar-refractivity contribution in [1.29, 1.82) is 0 Å². The Morgan fingerprint density at radius 3 is 3.04 bits per heavy atom. The van der Waals surface area contributed by atoms with E-state index in [0.717, 1.165) is 23.3 Å². The van der Waals surface area contributed by atoms with Crippen LogP contribution in [0.1, 0.15) is 23.7 Å². The molecule has 0 aliphatic carbocycles. The highest BCUT2D eigenvalue weighted by Crippen LogP contribution is 2.35. The van der Waals surface area contributed by atoms with Crippen LogP contribution in [0, 0.1) is 0 Å². The van der Waals surface area contributed by atoms with Gasteiger partial charge in [-0.05, 0) is 37.3 Å². The third-order valence-corrected chi connectivity index (χ3v) is 3.74. The summed E-state index contributed by atoms with van der Waals surface area (Å²) in [5, 5.41) is 0. The Hall–Kier alpha value is -2.82. The second kappa shape index (κ2) is 7.17. The first kappa shape index (κ1) is 16.1. The lowest BCUT2D eigenvalue weighted by molar-refractivity contribution is -0.139. The summed E-state index contributed by atoms with van der Waals surface area (Å²) in [5.74, 6) is 1.11. The Kier molecular flexibility index (Phi) is 4.79. The molecule has 1 unspecified atom stereocenters. The summed E-state index contributed by atoms with van der Waals surface area (Å²) >= 11 is 0. The van der Waals surface area contributed by atoms with E-state index in [0.29, 0.717) is 11.4 Å². The number of pyridine rings is 1. The van der Waals surface area contributed by atoms with Crippen LogP contribution in [0.5, 0.6) is 11.5 Å². The van der Waals surface area contributed by atoms with Gasteiger partial charge in [0.15, 0.2) is 0 Å². The van der Waals surface area contributed by atoms with E-state index in [1.54, 1.807) is 25.4 Å². The smallest absolute Gasteiger partial charge is 0.331 e. The molecule has 124 valence electrons. The summed E-state index contributed by atoms with van der Waals surface area (Å²) in [6.45, 7) is 2.17. The van der Waals surface area contributed by atoms with Crippen LogP contribution in [0.4, 0.5) is 0 Å². The molecule has 1 aromatic heterocycles. The molecule has 3 rings (SSSR count). The van der Waals surface area contributed by atoms with Crippen molar-refractivity contribution in [2.45, 2.75) is 26.1 Å². The molecule has 1 aromatic carbocycles. The van der Waals surface area contributed by atoms with Crippen LogP contribution < -0.4 is 9.47 Å². The maximum atomic E-state index is 11.9. The first-order valence-electron chi connectivity index (χ1n) is 7.78. The maximum Gasteiger partial charge on any atom is 0.331 e. The van der Waals surface area contributed by atoms with Crippen LogP contribution in [0.3, 0.4) is 0 Å². The summed E-state index contributed by atoms with van der Waals surface area (Å²) in [6, 6.07) is 9.31. The first-order chi connectivity index (χ1) is 11.7. The Bertz CT molecular complexity index is 755. The molecule has 0 saturated carbocycles. The predicted molar refractivity (Wildman–Crippen MR) is 89.9 cm³/mol. The van der Waals surface area contributed by atoms with E-state index < -0.39 is 5.97 Å². The molecular weight excluding hydrogens is 306 g/mol. The zero-order valence-electron chi connectivity index (χ0n) is 13.7. The molecule has 0 saturated heterocycles. The summed E-state index contributed by atoms with van der Waals surface area (Å²) < 4.78 is 16.3. The molecule has 0 bridgehead atoms. The van der Waals surface area contributed by atoms with Gasteiger partial charge >= 0.3 is 5.97 Å². The Morgan fingerprint density at radius 2 is 2.29 bits per heavy atom. The number of fused-ring (bicyclic) bond motifs is 1. The van der Waals surface area contributed by atoms with Crippen molar-refractivity contribution in [3.63, 3.8) is 0 Å². The Labute approximate surface area is 140 Å². The number of aromatic nitrogens is 1. The van der Waals surface area contributed by atoms with Gasteiger partial charge in [0.1, 0.15) is 24.2 Å². The van der Waals surface area contributed by atoms with Gasteiger partial charge in [0, 0.05) is 29.8 Å². The van der Waals surface area contributed by atoms with Crippen LogP contribution in [0.25, 0.3) is 6.08 Å². The monoisotopic (exact) mass is 325 g/mol. The summed E-state index contributed by atoms with van der Waals surface area (Å²) in [7, 11) is 1.61. The summed E-state index contributed by atoms with van der Waals surface area (Å²) in [4.78, 5) is 16.0. The van der Waals surface area contributed by atoms with Gasteiger partial charge in [-0.15, -0.1) is 0 Å². The van der Waals surface area contributed by atoms with E-state index in [9.17, 15) is 4.79 Å². The lowest BCUT2D eigenvalue weighted by Gasteiger charge is -2.08. The number of hydrogen-bond donors (Lipinski definition) is 0. The number of nitrogens with zero attached hydrogens (tertiary/aromatic N) is 1. The van der Waals surface area contributed by atoms with Crippen molar-refractivity contribution < 1.29 is 19.0 Å². The topological polar surface area (TPSA) is 57.7 Å². The van der Waals surface area contributed by atoms with Crippen molar-refractivity contribution in [2.24, 2.45) is 0 Å². The number of carbonyl (C=O) groups excluding carboxylic acids is 1. The minimum Gasteiger partial charge on any atom is -0.496 e. The molecule has 24 heavy (non-hydrogen) atoms. The van der Waals surface area contributed by atoms with Gasteiger partial charge in [0.25, 0.3) is 0 Å². The van der Waals surface area contributed by atoms with Gasteiger partial charge in [-0.3, -0.25) is 4.98 Å². The fraction of sp³-hybridized carbons (Fsp3) is 0.263. The lowest BCUT2D eigenvalue weighted by Crippen LogP contribution is -2.05. The summed E-state index contributed by atoms with van der Waals surface area (Å²) in [6.07, 6.45) is 5.74. The van der Waals surface area contributed by atoms with E-state index in [1.165, 1.54) is 6.08 Å². The minimum absolute atomic E-state index is 0.145. The molecule has 1 aliphatic heterocycles. The molecule has 0 amide bonds. The quantitative estimate of drug-likeness (QED) is 0.624. The minimum atomic E-state index is -0.433. The van der Waals surface area contributed by atoms with Crippen molar-refractivity contribution in [1.82, 2.24) is 4.98 Å². The van der Waals surface area contributed by atoms with E-state index >= 15 is 0 Å². The fourth-order valence-electron chi connectivity index (χ4n) is 2.60. The van der Waals surface area contributed by atoms with Crippen LogP contribution in [-0.2, 0) is 22.6 Å². The van der Waals surface area contributed by atoms with Crippen LogP contribution >= 0.6 is 0 Å². The third-order valence-electron chi connectivity index (χ3n) is 3.74. The third kappa shape index (κ3) is 3.74. The number of rotatable bonds is 5. The predicted octanol–water partition coefficient (Wildman–Crippen LogP) is 3.17. The van der Waals surface area contributed by atoms with Crippen LogP contribution in [-0.4, -0.2) is 24.2 Å². The number of methoxy groups -OCH3 is 1. The number of carbonyl (C=O) groups is 1. The lowest BCUT2D eigenvalue weighted by atomic mass is 10.1. The van der Waals surface area contributed by atoms with Crippen molar-refractivity contribution in [3.05, 3.63) is 59.4 Å². The van der Waals surface area contributed by atoms with Gasteiger partial charge in [0.2, 0.25) is 0 Å². The van der Waals surface area contributed by atoms with Crippen molar-refractivity contribution in [2.75, 3.05) is 7.11 Å². The zero-order valence-corrected chi connectivity index (χ0v) is 13.7. The number of benzene rings is 1. The molecule has 5 nitrogen and oxygen atoms in total. The fourth-order valence-corrected chi connectivity index (χ4v) is 2.60. The molecule has 2 aromatic rings. The normalized spacial score (nSPS) is 15.8. The van der Waals surface area contributed by atoms with E-state index in [1.807, 2.05) is 31.2 Å². The Balaban J connectivity index is 1.67. The molecule has 0 radical (unpaired) electrons. The van der Waals surface area contributed by atoms with E-state index in [2.05, 4.69) is 4.98 Å². The van der Waals surface area contributed by atoms with Crippen LogP contribution in [0.2, 0.25) is 0 Å². The molecule has 2 heterocycles. The maximum absolute atomic E-state index is 11.9. The van der Waals surface area contributed by atoms with Gasteiger partial charge < -0.3 is 14.2 Å². The Morgan fingerprint density at radius 1 is 1.42 bits per heavy atom. The van der Waals surface area contributed by atoms with E-state index in [-0.39, 0.29) is 12.7 Å². The van der Waals surface area contributed by atoms with Crippen molar-refractivity contribution in [3.8, 4) is 11.5 Å². The highest BCUT2D eigenvalue weighted by Gasteiger charge is 2.21. The molecule has 0 N–H and O–H groups in total. The largest absolute Gasteiger partial charge is 0.496 e. The van der Waals surface area contributed by atoms with Gasteiger partial charge in [0.05, 0.1) is 12.8 Å². The average molecular weight is 325 g/mol. The number of ether oxygens (including phenoxy) is 3. The highest BCUT2D eigenvalue weighted by molar-refractivity contribution is 5.87. The summed E-state index contributed by atoms with van der Waals surface area (Å²) in [5.41, 5.74) is 2.60. The van der Waals surface area contributed by atoms with Crippen LogP contribution in [0.15, 0.2) is 42.6 Å². The molecule has 0 fully saturated rings. The second-order valence-electron chi connectivity index (χ2n) is 5.60. The number of esters is 1. The van der Waals surface area contributed by atoms with Gasteiger partial charge in [-0.2, -0.15) is 0 Å². The molecule has 1 atom stereocenters. The number of hydrogen-bond acceptors (Lipinski definition) is 5. The van der Waals surface area contributed by atoms with Gasteiger partial charge in [-0.25, -0.2) is 4.79 Å². The molecule has 1 aliphatic rings. The SMILES string of the molecule is COc1cc2c(cc1/C=C/C(=O)OCc1ccccn1)OC(C)C2. The standard InChI is InChI=1S/C19H19NO4/c1-13-9-15-11-17(22-2)14(10-18(15)24-13)6-7-19(21)23-12-16-5-3-4-8-20-16/h3-8,10-11,13H,9,12H2,1-2H3/b7-6+. The molecule has 0 spiro atoms. The average Bonchev–Trinajstić information content (AvgIpc) is 2.97. The second-order valence-corrected chi connectivity index (χ2v) is 5.60. The molecular formula is C19H19NO4. The van der Waals surface area contributed by atoms with Gasteiger partial charge in [-0.1, -0.05) is 6.07 Å². The molecule has 5 heteroatoms. The zero-order chi connectivity index (χ0) is 16.9. The van der Waals surface area contributed by atoms with E-state index in [4.69, 9.17) is 14.2 Å². The first-order valence-corrected chi connectivity index (χ1v) is 7.78.